The summed E-state index contributed by atoms with van der Waals surface area (Å²) < 4.78 is 5.80. The third-order valence-corrected chi connectivity index (χ3v) is 4.97. The Kier molecular flexibility index (Phi) is 5.21. The molecule has 0 aliphatic carbocycles. The number of fused-ring (bicyclic) bond motifs is 1. The zero-order valence-electron chi connectivity index (χ0n) is 16.9. The fourth-order valence-corrected chi connectivity index (χ4v) is 3.76. The van der Waals surface area contributed by atoms with E-state index in [0.717, 1.165) is 12.1 Å². The number of pyridine rings is 1. The molecule has 0 saturated carbocycles. The number of carbonyl (C=O) groups is 1. The van der Waals surface area contributed by atoms with Gasteiger partial charge in [0.1, 0.15) is 5.75 Å². The minimum atomic E-state index is -0.209. The Hall–Kier alpha value is -3.34. The number of hydrogen-bond acceptors (Lipinski definition) is 4. The van der Waals surface area contributed by atoms with Gasteiger partial charge in [0.15, 0.2) is 0 Å². The van der Waals surface area contributed by atoms with Gasteiger partial charge in [-0.1, -0.05) is 30.3 Å². The predicted octanol–water partition coefficient (Wildman–Crippen LogP) is 5.20. The van der Waals surface area contributed by atoms with Crippen LogP contribution in [0.1, 0.15) is 36.7 Å². The number of aromatic nitrogens is 1. The first kappa shape index (κ1) is 19.0. The molecule has 1 aliphatic heterocycles. The van der Waals surface area contributed by atoms with E-state index in [-0.39, 0.29) is 12.0 Å². The summed E-state index contributed by atoms with van der Waals surface area (Å²) in [6, 6.07) is 18.0. The van der Waals surface area contributed by atoms with Crippen LogP contribution in [-0.4, -0.2) is 23.0 Å². The van der Waals surface area contributed by atoms with Crippen molar-refractivity contribution in [2.75, 3.05) is 10.2 Å². The summed E-state index contributed by atoms with van der Waals surface area (Å²) in [5, 5.41) is 2.96. The van der Waals surface area contributed by atoms with E-state index in [1.54, 1.807) is 6.20 Å². The molecule has 3 aromatic rings. The van der Waals surface area contributed by atoms with Crippen molar-refractivity contribution in [1.29, 1.82) is 0 Å². The molecule has 0 radical (unpaired) electrons. The maximum absolute atomic E-state index is 12.9. The number of carbonyl (C=O) groups excluding carboxylic acids is 1. The van der Waals surface area contributed by atoms with Crippen LogP contribution < -0.4 is 15.0 Å². The highest BCUT2D eigenvalue weighted by atomic mass is 16.5. The number of rotatable bonds is 5. The largest absolute Gasteiger partial charge is 0.489 e. The second kappa shape index (κ2) is 7.95. The maximum Gasteiger partial charge on any atom is 0.257 e. The van der Waals surface area contributed by atoms with Crippen LogP contribution in [0, 0.1) is 0 Å². The van der Waals surface area contributed by atoms with E-state index in [0.29, 0.717) is 23.0 Å². The van der Waals surface area contributed by atoms with Crippen LogP contribution in [0.5, 0.6) is 5.75 Å². The van der Waals surface area contributed by atoms with Gasteiger partial charge < -0.3 is 15.0 Å². The van der Waals surface area contributed by atoms with Crippen LogP contribution in [0.4, 0.5) is 17.1 Å². The van der Waals surface area contributed by atoms with Crippen LogP contribution in [0.15, 0.2) is 67.0 Å². The first-order valence-electron chi connectivity index (χ1n) is 9.92. The van der Waals surface area contributed by atoms with Gasteiger partial charge in [0.05, 0.1) is 29.2 Å². The van der Waals surface area contributed by atoms with Crippen molar-refractivity contribution in [1.82, 2.24) is 4.98 Å². The van der Waals surface area contributed by atoms with E-state index in [1.165, 1.54) is 11.3 Å². The molecule has 1 N–H and O–H groups in total. The lowest BCUT2D eigenvalue weighted by atomic mass is 10.1. The van der Waals surface area contributed by atoms with E-state index < -0.39 is 0 Å². The molecule has 1 aliphatic rings. The topological polar surface area (TPSA) is 54.5 Å². The number of nitrogens with one attached hydrogen (secondary N) is 1. The van der Waals surface area contributed by atoms with Gasteiger partial charge in [-0.2, -0.15) is 0 Å². The van der Waals surface area contributed by atoms with Gasteiger partial charge >= 0.3 is 0 Å². The summed E-state index contributed by atoms with van der Waals surface area (Å²) in [5.41, 5.74) is 4.57. The fourth-order valence-electron chi connectivity index (χ4n) is 3.76. The van der Waals surface area contributed by atoms with Gasteiger partial charge in [-0.25, -0.2) is 0 Å². The van der Waals surface area contributed by atoms with E-state index in [9.17, 15) is 4.79 Å². The highest BCUT2D eigenvalue weighted by Crippen LogP contribution is 2.38. The Bertz CT molecular complexity index is 1030. The zero-order chi connectivity index (χ0) is 20.4. The van der Waals surface area contributed by atoms with Gasteiger partial charge in [0.25, 0.3) is 5.91 Å². The van der Waals surface area contributed by atoms with Gasteiger partial charge in [-0.3, -0.25) is 9.78 Å². The van der Waals surface area contributed by atoms with Crippen molar-refractivity contribution >= 4 is 23.0 Å². The molecule has 29 heavy (non-hydrogen) atoms. The van der Waals surface area contributed by atoms with Gasteiger partial charge in [0.2, 0.25) is 0 Å². The average molecular weight is 387 g/mol. The van der Waals surface area contributed by atoms with Crippen molar-refractivity contribution in [3.63, 3.8) is 0 Å². The van der Waals surface area contributed by atoms with Crippen LogP contribution in [-0.2, 0) is 6.42 Å². The molecule has 5 nitrogen and oxygen atoms in total. The SMILES string of the molecule is CC(C)Oc1ccccc1NC(=O)c1cncc(N2c3ccccc3CC2C)c1. The van der Waals surface area contributed by atoms with Crippen LogP contribution >= 0.6 is 0 Å². The summed E-state index contributed by atoms with van der Waals surface area (Å²) in [4.78, 5) is 19.5. The highest BCUT2D eigenvalue weighted by Gasteiger charge is 2.27. The molecular formula is C24H25N3O2. The summed E-state index contributed by atoms with van der Waals surface area (Å²) in [5.74, 6) is 0.446. The number of anilines is 3. The zero-order valence-corrected chi connectivity index (χ0v) is 16.9. The number of amides is 1. The molecule has 1 atom stereocenters. The molecule has 0 fully saturated rings. The van der Waals surface area contributed by atoms with Crippen molar-refractivity contribution < 1.29 is 9.53 Å². The van der Waals surface area contributed by atoms with Crippen molar-refractivity contribution in [3.8, 4) is 5.75 Å². The second-order valence-electron chi connectivity index (χ2n) is 7.60. The first-order valence-corrected chi connectivity index (χ1v) is 9.92. The molecule has 1 aromatic heterocycles. The molecule has 2 aromatic carbocycles. The molecule has 2 heterocycles. The Balaban J connectivity index is 1.59. The smallest absolute Gasteiger partial charge is 0.257 e. The average Bonchev–Trinajstić information content (AvgIpc) is 3.05. The normalized spacial score (nSPS) is 15.3. The third-order valence-electron chi connectivity index (χ3n) is 4.97. The minimum absolute atomic E-state index is 0.0229. The number of benzene rings is 2. The summed E-state index contributed by atoms with van der Waals surface area (Å²) in [6.45, 7) is 6.11. The van der Waals surface area contributed by atoms with E-state index >= 15 is 0 Å². The van der Waals surface area contributed by atoms with E-state index in [4.69, 9.17) is 4.74 Å². The second-order valence-corrected chi connectivity index (χ2v) is 7.60. The monoisotopic (exact) mass is 387 g/mol. The highest BCUT2D eigenvalue weighted by molar-refractivity contribution is 6.05. The predicted molar refractivity (Wildman–Crippen MR) is 116 cm³/mol. The molecular weight excluding hydrogens is 362 g/mol. The van der Waals surface area contributed by atoms with Gasteiger partial charge in [-0.15, -0.1) is 0 Å². The molecule has 148 valence electrons. The quantitative estimate of drug-likeness (QED) is 0.653. The first-order chi connectivity index (χ1) is 14.0. The van der Waals surface area contributed by atoms with Crippen LogP contribution in [0.25, 0.3) is 0 Å². The molecule has 4 rings (SSSR count). The third kappa shape index (κ3) is 3.94. The summed E-state index contributed by atoms with van der Waals surface area (Å²) >= 11 is 0. The van der Waals surface area contributed by atoms with Crippen molar-refractivity contribution in [2.45, 2.75) is 39.3 Å². The van der Waals surface area contributed by atoms with Crippen molar-refractivity contribution in [3.05, 3.63) is 78.1 Å². The Morgan fingerprint density at radius 2 is 1.90 bits per heavy atom. The van der Waals surface area contributed by atoms with Gasteiger partial charge in [-0.05, 0) is 57.0 Å². The van der Waals surface area contributed by atoms with Crippen LogP contribution in [0.2, 0.25) is 0 Å². The Labute approximate surface area is 171 Å². The Morgan fingerprint density at radius 1 is 1.14 bits per heavy atom. The molecule has 0 bridgehead atoms. The van der Waals surface area contributed by atoms with Gasteiger partial charge in [0, 0.05) is 17.9 Å². The molecule has 0 spiro atoms. The molecule has 0 saturated heterocycles. The lowest BCUT2D eigenvalue weighted by Crippen LogP contribution is -2.24. The minimum Gasteiger partial charge on any atom is -0.489 e. The lowest BCUT2D eigenvalue weighted by Gasteiger charge is -2.25. The maximum atomic E-state index is 12.9. The fraction of sp³-hybridized carbons (Fsp3) is 0.250. The van der Waals surface area contributed by atoms with Crippen LogP contribution in [0.3, 0.4) is 0 Å². The number of nitrogens with zero attached hydrogens (tertiary/aromatic N) is 2. The molecule has 1 amide bonds. The standard InChI is InChI=1S/C24H25N3O2/c1-16(2)29-23-11-7-5-9-21(23)26-24(28)19-13-20(15-25-14-19)27-17(3)12-18-8-4-6-10-22(18)27/h4-11,13-17H,12H2,1-3H3,(H,26,28). The summed E-state index contributed by atoms with van der Waals surface area (Å²) in [7, 11) is 0. The molecule has 5 heteroatoms. The number of ether oxygens (including phenoxy) is 1. The van der Waals surface area contributed by atoms with E-state index in [2.05, 4.69) is 40.3 Å². The summed E-state index contributed by atoms with van der Waals surface area (Å²) in [6.07, 6.45) is 4.41. The van der Waals surface area contributed by atoms with E-state index in [1.807, 2.05) is 56.4 Å². The number of para-hydroxylation sites is 3. The number of hydrogen-bond donors (Lipinski definition) is 1. The molecule has 1 unspecified atom stereocenters. The van der Waals surface area contributed by atoms with Crippen molar-refractivity contribution in [2.24, 2.45) is 0 Å². The Morgan fingerprint density at radius 3 is 2.72 bits per heavy atom. The lowest BCUT2D eigenvalue weighted by molar-refractivity contribution is 0.102.